The molecule has 1 heterocycles. The van der Waals surface area contributed by atoms with Gasteiger partial charge in [0.15, 0.2) is 0 Å². The highest BCUT2D eigenvalue weighted by atomic mass is 35.5. The Morgan fingerprint density at radius 2 is 2.11 bits per heavy atom. The molecule has 0 aliphatic carbocycles. The van der Waals surface area contributed by atoms with E-state index in [9.17, 15) is 0 Å². The van der Waals surface area contributed by atoms with E-state index in [0.717, 1.165) is 25.3 Å². The van der Waals surface area contributed by atoms with Gasteiger partial charge in [-0.3, -0.25) is 0 Å². The first-order chi connectivity index (χ1) is 9.24. The van der Waals surface area contributed by atoms with Gasteiger partial charge in [0, 0.05) is 25.3 Å². The van der Waals surface area contributed by atoms with E-state index < -0.39 is 0 Å². The molecule has 2 rings (SSSR count). The van der Waals surface area contributed by atoms with Crippen molar-refractivity contribution in [2.75, 3.05) is 37.6 Å². The third-order valence-corrected chi connectivity index (χ3v) is 3.88. The number of halogens is 1. The highest BCUT2D eigenvalue weighted by Gasteiger charge is 2.15. The van der Waals surface area contributed by atoms with Crippen molar-refractivity contribution >= 4 is 17.3 Å². The predicted molar refractivity (Wildman–Crippen MR) is 79.7 cm³/mol. The number of rotatable bonds is 3. The molecule has 1 aliphatic heterocycles. The van der Waals surface area contributed by atoms with Crippen molar-refractivity contribution in [2.45, 2.75) is 19.8 Å². The molecule has 0 atom stereocenters. The van der Waals surface area contributed by atoms with Gasteiger partial charge < -0.3 is 9.80 Å². The van der Waals surface area contributed by atoms with E-state index in [-0.39, 0.29) is 0 Å². The fourth-order valence-corrected chi connectivity index (χ4v) is 2.78. The molecule has 0 N–H and O–H groups in total. The first kappa shape index (κ1) is 14.2. The Labute approximate surface area is 120 Å². The molecule has 0 amide bonds. The van der Waals surface area contributed by atoms with Crippen molar-refractivity contribution in [2.24, 2.45) is 0 Å². The summed E-state index contributed by atoms with van der Waals surface area (Å²) in [5.74, 6) is 0. The third-order valence-electron chi connectivity index (χ3n) is 3.57. The molecular formula is C15H20ClN3. The van der Waals surface area contributed by atoms with Crippen LogP contribution in [0.25, 0.3) is 0 Å². The van der Waals surface area contributed by atoms with Crippen molar-refractivity contribution in [1.29, 1.82) is 5.26 Å². The SMILES string of the molecule is CCCN1CCCN(c2ccc(C#N)c(Cl)c2)CC1. The van der Waals surface area contributed by atoms with Crippen molar-refractivity contribution in [3.8, 4) is 6.07 Å². The van der Waals surface area contributed by atoms with Gasteiger partial charge >= 0.3 is 0 Å². The molecule has 0 saturated carbocycles. The molecule has 0 radical (unpaired) electrons. The van der Waals surface area contributed by atoms with Crippen LogP contribution >= 0.6 is 11.6 Å². The number of hydrogen-bond donors (Lipinski definition) is 0. The summed E-state index contributed by atoms with van der Waals surface area (Å²) in [6.45, 7) is 7.77. The number of nitrogens with zero attached hydrogens (tertiary/aromatic N) is 3. The quantitative estimate of drug-likeness (QED) is 0.850. The average Bonchev–Trinajstić information content (AvgIpc) is 2.65. The Kier molecular flexibility index (Phi) is 5.07. The zero-order valence-corrected chi connectivity index (χ0v) is 12.2. The lowest BCUT2D eigenvalue weighted by Crippen LogP contribution is -2.31. The maximum Gasteiger partial charge on any atom is 0.101 e. The summed E-state index contributed by atoms with van der Waals surface area (Å²) < 4.78 is 0. The summed E-state index contributed by atoms with van der Waals surface area (Å²) in [6, 6.07) is 7.83. The van der Waals surface area contributed by atoms with Crippen molar-refractivity contribution in [3.05, 3.63) is 28.8 Å². The minimum Gasteiger partial charge on any atom is -0.370 e. The fraction of sp³-hybridized carbons (Fsp3) is 0.533. The monoisotopic (exact) mass is 277 g/mol. The molecule has 0 unspecified atom stereocenters. The highest BCUT2D eigenvalue weighted by molar-refractivity contribution is 6.32. The van der Waals surface area contributed by atoms with Crippen LogP contribution in [0.5, 0.6) is 0 Å². The molecule has 0 bridgehead atoms. The standard InChI is InChI=1S/C15H20ClN3/c1-2-6-18-7-3-8-19(10-9-18)14-5-4-13(12-17)15(16)11-14/h4-5,11H,2-3,6-10H2,1H3. The van der Waals surface area contributed by atoms with Crippen LogP contribution in [0.4, 0.5) is 5.69 Å². The van der Waals surface area contributed by atoms with Crippen LogP contribution in [-0.4, -0.2) is 37.6 Å². The van der Waals surface area contributed by atoms with Gasteiger partial charge in [-0.15, -0.1) is 0 Å². The lowest BCUT2D eigenvalue weighted by atomic mass is 10.2. The second-order valence-electron chi connectivity index (χ2n) is 4.96. The van der Waals surface area contributed by atoms with E-state index in [1.54, 1.807) is 0 Å². The average molecular weight is 278 g/mol. The molecule has 1 aromatic rings. The lowest BCUT2D eigenvalue weighted by molar-refractivity contribution is 0.294. The number of benzene rings is 1. The van der Waals surface area contributed by atoms with Crippen LogP contribution in [0.1, 0.15) is 25.3 Å². The van der Waals surface area contributed by atoms with Gasteiger partial charge in [0.1, 0.15) is 6.07 Å². The normalized spacial score (nSPS) is 17.0. The Bertz CT molecular complexity index is 467. The first-order valence-corrected chi connectivity index (χ1v) is 7.29. The van der Waals surface area contributed by atoms with Crippen LogP contribution in [0.3, 0.4) is 0 Å². The molecule has 3 nitrogen and oxygen atoms in total. The van der Waals surface area contributed by atoms with E-state index in [1.807, 2.05) is 18.2 Å². The number of nitriles is 1. The van der Waals surface area contributed by atoms with Gasteiger partial charge in [-0.05, 0) is 44.1 Å². The lowest BCUT2D eigenvalue weighted by Gasteiger charge is -2.23. The van der Waals surface area contributed by atoms with Gasteiger partial charge in [-0.25, -0.2) is 0 Å². The second kappa shape index (κ2) is 6.79. The molecule has 4 heteroatoms. The summed E-state index contributed by atoms with van der Waals surface area (Å²) in [5, 5.41) is 9.45. The van der Waals surface area contributed by atoms with Crippen LogP contribution in [0, 0.1) is 11.3 Å². The zero-order chi connectivity index (χ0) is 13.7. The van der Waals surface area contributed by atoms with E-state index in [4.69, 9.17) is 16.9 Å². The van der Waals surface area contributed by atoms with Crippen LogP contribution in [-0.2, 0) is 0 Å². The minimum absolute atomic E-state index is 0.549. The largest absolute Gasteiger partial charge is 0.370 e. The van der Waals surface area contributed by atoms with Gasteiger partial charge in [0.25, 0.3) is 0 Å². The third kappa shape index (κ3) is 3.62. The molecule has 1 fully saturated rings. The van der Waals surface area contributed by atoms with E-state index in [2.05, 4.69) is 22.8 Å². The summed E-state index contributed by atoms with van der Waals surface area (Å²) in [6.07, 6.45) is 2.39. The molecular weight excluding hydrogens is 258 g/mol. The highest BCUT2D eigenvalue weighted by Crippen LogP contribution is 2.24. The first-order valence-electron chi connectivity index (χ1n) is 6.91. The summed E-state index contributed by atoms with van der Waals surface area (Å²) >= 11 is 6.11. The molecule has 19 heavy (non-hydrogen) atoms. The van der Waals surface area contributed by atoms with E-state index in [1.165, 1.54) is 25.9 Å². The topological polar surface area (TPSA) is 30.3 Å². The summed E-state index contributed by atoms with van der Waals surface area (Å²) in [4.78, 5) is 4.88. The minimum atomic E-state index is 0.549. The van der Waals surface area contributed by atoms with Crippen LogP contribution < -0.4 is 4.90 Å². The Balaban J connectivity index is 2.06. The fourth-order valence-electron chi connectivity index (χ4n) is 2.56. The molecule has 0 aromatic heterocycles. The molecule has 1 aromatic carbocycles. The summed E-state index contributed by atoms with van der Waals surface area (Å²) in [5.41, 5.74) is 1.68. The second-order valence-corrected chi connectivity index (χ2v) is 5.37. The van der Waals surface area contributed by atoms with Gasteiger partial charge in [0.05, 0.1) is 10.6 Å². The van der Waals surface area contributed by atoms with Crippen molar-refractivity contribution < 1.29 is 0 Å². The molecule has 102 valence electrons. The van der Waals surface area contributed by atoms with Gasteiger partial charge in [-0.1, -0.05) is 18.5 Å². The summed E-state index contributed by atoms with van der Waals surface area (Å²) in [7, 11) is 0. The predicted octanol–water partition coefficient (Wildman–Crippen LogP) is 3.13. The maximum absolute atomic E-state index is 8.90. The van der Waals surface area contributed by atoms with E-state index >= 15 is 0 Å². The zero-order valence-electron chi connectivity index (χ0n) is 11.4. The van der Waals surface area contributed by atoms with Gasteiger partial charge in [-0.2, -0.15) is 5.26 Å². The number of hydrogen-bond acceptors (Lipinski definition) is 3. The van der Waals surface area contributed by atoms with E-state index in [0.29, 0.717) is 10.6 Å². The smallest absolute Gasteiger partial charge is 0.101 e. The van der Waals surface area contributed by atoms with Crippen LogP contribution in [0.2, 0.25) is 5.02 Å². The van der Waals surface area contributed by atoms with Crippen molar-refractivity contribution in [1.82, 2.24) is 4.90 Å². The Hall–Kier alpha value is -1.24. The van der Waals surface area contributed by atoms with Crippen LogP contribution in [0.15, 0.2) is 18.2 Å². The number of anilines is 1. The Morgan fingerprint density at radius 3 is 2.79 bits per heavy atom. The van der Waals surface area contributed by atoms with Gasteiger partial charge in [0.2, 0.25) is 0 Å². The molecule has 0 spiro atoms. The Morgan fingerprint density at radius 1 is 1.26 bits per heavy atom. The molecule has 1 aliphatic rings. The van der Waals surface area contributed by atoms with Crippen molar-refractivity contribution in [3.63, 3.8) is 0 Å². The maximum atomic E-state index is 8.90. The molecule has 1 saturated heterocycles.